The minimum atomic E-state index is -1.01. The number of carbonyl (C=O) groups excluding carboxylic acids is 1. The Balaban J connectivity index is 1.84. The third-order valence-corrected chi connectivity index (χ3v) is 5.16. The number of nitrogens with zero attached hydrogens (tertiary/aromatic N) is 2. The van der Waals surface area contributed by atoms with E-state index in [1.54, 1.807) is 54.6 Å². The monoisotopic (exact) mass is 406 g/mol. The van der Waals surface area contributed by atoms with Crippen molar-refractivity contribution in [2.75, 3.05) is 4.90 Å². The second-order valence-electron chi connectivity index (χ2n) is 6.60. The van der Waals surface area contributed by atoms with Crippen molar-refractivity contribution in [1.82, 2.24) is 4.98 Å². The number of hydrogen-bond donors (Lipinski definition) is 0. The molecule has 3 heterocycles. The Kier molecular flexibility index (Phi) is 3.96. The highest BCUT2D eigenvalue weighted by atomic mass is 35.5. The molecule has 0 spiro atoms. The van der Waals surface area contributed by atoms with Crippen LogP contribution in [-0.2, 0) is 0 Å². The molecule has 5 rings (SSSR count). The van der Waals surface area contributed by atoms with Gasteiger partial charge in [-0.2, -0.15) is 0 Å². The molecule has 1 unspecified atom stereocenters. The summed E-state index contributed by atoms with van der Waals surface area (Å²) in [6, 6.07) is 14.8. The first-order chi connectivity index (χ1) is 14.1. The number of hydrogen-bond acceptors (Lipinski definition) is 4. The molecule has 5 nitrogen and oxygen atoms in total. The van der Waals surface area contributed by atoms with E-state index < -0.39 is 17.8 Å². The van der Waals surface area contributed by atoms with Crippen LogP contribution in [0.4, 0.5) is 10.2 Å². The first-order valence-electron chi connectivity index (χ1n) is 8.81. The Hall–Kier alpha value is -3.51. The molecular weight excluding hydrogens is 395 g/mol. The van der Waals surface area contributed by atoms with Crippen molar-refractivity contribution in [2.45, 2.75) is 6.04 Å². The van der Waals surface area contributed by atoms with Crippen molar-refractivity contribution >= 4 is 34.3 Å². The molecule has 0 bridgehead atoms. The molecular formula is C22H12ClFN2O3. The lowest BCUT2D eigenvalue weighted by molar-refractivity contribution is 0.0970. The van der Waals surface area contributed by atoms with E-state index in [-0.39, 0.29) is 28.1 Å². The molecule has 7 heteroatoms. The number of aromatic nitrogens is 1. The molecule has 0 saturated carbocycles. The van der Waals surface area contributed by atoms with E-state index in [1.807, 2.05) is 0 Å². The number of fused-ring (bicyclic) bond motifs is 2. The molecule has 2 aromatic carbocycles. The maximum atomic E-state index is 14.7. The predicted molar refractivity (Wildman–Crippen MR) is 107 cm³/mol. The smallest absolute Gasteiger partial charge is 0.296 e. The molecule has 1 aliphatic rings. The van der Waals surface area contributed by atoms with E-state index in [9.17, 15) is 14.0 Å². The molecule has 29 heavy (non-hydrogen) atoms. The van der Waals surface area contributed by atoms with Crippen LogP contribution >= 0.6 is 11.6 Å². The summed E-state index contributed by atoms with van der Waals surface area (Å²) in [6.07, 6.45) is 1.39. The van der Waals surface area contributed by atoms with Crippen molar-refractivity contribution in [1.29, 1.82) is 0 Å². The van der Waals surface area contributed by atoms with E-state index in [1.165, 1.54) is 17.2 Å². The van der Waals surface area contributed by atoms with Crippen LogP contribution < -0.4 is 10.3 Å². The third-order valence-electron chi connectivity index (χ3n) is 4.94. The zero-order valence-electron chi connectivity index (χ0n) is 14.8. The second kappa shape index (κ2) is 6.53. The van der Waals surface area contributed by atoms with Gasteiger partial charge in [-0.1, -0.05) is 41.9 Å². The van der Waals surface area contributed by atoms with Crippen molar-refractivity contribution in [2.24, 2.45) is 0 Å². The summed E-state index contributed by atoms with van der Waals surface area (Å²) in [6.45, 7) is 0. The van der Waals surface area contributed by atoms with E-state index in [4.69, 9.17) is 16.0 Å². The van der Waals surface area contributed by atoms with Crippen molar-refractivity contribution < 1.29 is 13.6 Å². The average Bonchev–Trinajstić information content (AvgIpc) is 3.02. The molecule has 0 fully saturated rings. The van der Waals surface area contributed by atoms with Crippen LogP contribution in [0.15, 0.2) is 76.1 Å². The fraction of sp³-hybridized carbons (Fsp3) is 0.0455. The number of carbonyl (C=O) groups is 1. The number of para-hydroxylation sites is 1. The molecule has 2 aromatic heterocycles. The Labute approximate surface area is 169 Å². The number of benzene rings is 2. The van der Waals surface area contributed by atoms with Gasteiger partial charge < -0.3 is 4.42 Å². The Bertz CT molecular complexity index is 1330. The van der Waals surface area contributed by atoms with E-state index in [2.05, 4.69) is 4.98 Å². The number of rotatable bonds is 2. The van der Waals surface area contributed by atoms with Gasteiger partial charge in [0, 0.05) is 11.8 Å². The zero-order chi connectivity index (χ0) is 20.1. The van der Waals surface area contributed by atoms with Crippen molar-refractivity contribution in [3.05, 3.63) is 105 Å². The lowest BCUT2D eigenvalue weighted by Crippen LogP contribution is -2.30. The molecule has 0 aliphatic carbocycles. The van der Waals surface area contributed by atoms with E-state index in [0.717, 1.165) is 0 Å². The molecule has 0 saturated heterocycles. The van der Waals surface area contributed by atoms with Crippen LogP contribution in [0.3, 0.4) is 0 Å². The minimum Gasteiger partial charge on any atom is -0.450 e. The van der Waals surface area contributed by atoms with E-state index in [0.29, 0.717) is 16.0 Å². The molecule has 142 valence electrons. The van der Waals surface area contributed by atoms with Gasteiger partial charge in [0.1, 0.15) is 17.2 Å². The zero-order valence-corrected chi connectivity index (χ0v) is 15.6. The highest BCUT2D eigenvalue weighted by molar-refractivity contribution is 6.30. The summed E-state index contributed by atoms with van der Waals surface area (Å²) in [5.74, 6) is -0.975. The number of amides is 1. The topological polar surface area (TPSA) is 63.4 Å². The minimum absolute atomic E-state index is 0.0931. The molecule has 0 radical (unpaired) electrons. The van der Waals surface area contributed by atoms with Gasteiger partial charge >= 0.3 is 0 Å². The Morgan fingerprint density at radius 3 is 2.52 bits per heavy atom. The summed E-state index contributed by atoms with van der Waals surface area (Å²) in [4.78, 5) is 32.0. The summed E-state index contributed by atoms with van der Waals surface area (Å²) >= 11 is 5.92. The summed E-state index contributed by atoms with van der Waals surface area (Å²) in [5, 5.41) is 0.714. The van der Waals surface area contributed by atoms with E-state index >= 15 is 0 Å². The lowest BCUT2D eigenvalue weighted by atomic mass is 9.98. The third kappa shape index (κ3) is 2.64. The van der Waals surface area contributed by atoms with Crippen LogP contribution in [0.1, 0.15) is 27.7 Å². The summed E-state index contributed by atoms with van der Waals surface area (Å²) < 4.78 is 20.5. The standard InChI is InChI=1S/C22H12ClFN2O3/c23-12-9-10-17(25-11-12)26-19(13-5-1-3-7-15(13)24)18-20(27)14-6-2-4-8-16(14)29-21(18)22(26)28/h1-11,19H. The van der Waals surface area contributed by atoms with Gasteiger partial charge in [0.15, 0.2) is 5.43 Å². The Morgan fingerprint density at radius 2 is 1.76 bits per heavy atom. The Morgan fingerprint density at radius 1 is 1.00 bits per heavy atom. The SMILES string of the molecule is O=C1c2oc3ccccc3c(=O)c2C(c2ccccc2F)N1c1ccc(Cl)cn1. The fourth-order valence-corrected chi connectivity index (χ4v) is 3.77. The summed E-state index contributed by atoms with van der Waals surface area (Å²) in [7, 11) is 0. The van der Waals surface area contributed by atoms with Gasteiger partial charge in [-0.25, -0.2) is 9.37 Å². The van der Waals surface area contributed by atoms with Gasteiger partial charge in [0.2, 0.25) is 5.76 Å². The van der Waals surface area contributed by atoms with Crippen LogP contribution in [-0.4, -0.2) is 10.9 Å². The number of pyridine rings is 1. The molecule has 1 aliphatic heterocycles. The van der Waals surface area contributed by atoms with Crippen LogP contribution in [0.5, 0.6) is 0 Å². The van der Waals surface area contributed by atoms with Gasteiger partial charge in [-0.05, 0) is 30.3 Å². The molecule has 4 aromatic rings. The number of anilines is 1. The first kappa shape index (κ1) is 17.6. The predicted octanol–water partition coefficient (Wildman–Crippen LogP) is 4.73. The lowest BCUT2D eigenvalue weighted by Gasteiger charge is -2.24. The first-order valence-corrected chi connectivity index (χ1v) is 9.19. The summed E-state index contributed by atoms with van der Waals surface area (Å²) in [5.41, 5.74) is 0.192. The van der Waals surface area contributed by atoms with Gasteiger partial charge in [0.25, 0.3) is 5.91 Å². The second-order valence-corrected chi connectivity index (χ2v) is 7.04. The maximum absolute atomic E-state index is 14.7. The maximum Gasteiger partial charge on any atom is 0.296 e. The van der Waals surface area contributed by atoms with Gasteiger partial charge in [0.05, 0.1) is 22.0 Å². The van der Waals surface area contributed by atoms with Crippen molar-refractivity contribution in [3.63, 3.8) is 0 Å². The molecule has 0 N–H and O–H groups in total. The normalized spacial score (nSPS) is 15.7. The highest BCUT2D eigenvalue weighted by Crippen LogP contribution is 2.41. The fourth-order valence-electron chi connectivity index (χ4n) is 3.66. The number of halogens is 2. The van der Waals surface area contributed by atoms with Gasteiger partial charge in [-0.3, -0.25) is 14.5 Å². The molecule has 1 atom stereocenters. The van der Waals surface area contributed by atoms with Gasteiger partial charge in [-0.15, -0.1) is 0 Å². The van der Waals surface area contributed by atoms with Crippen LogP contribution in [0.25, 0.3) is 11.0 Å². The quantitative estimate of drug-likeness (QED) is 0.482. The largest absolute Gasteiger partial charge is 0.450 e. The average molecular weight is 407 g/mol. The van der Waals surface area contributed by atoms with Crippen LogP contribution in [0, 0.1) is 5.82 Å². The highest BCUT2D eigenvalue weighted by Gasteiger charge is 2.45. The molecule has 1 amide bonds. The van der Waals surface area contributed by atoms with Crippen molar-refractivity contribution in [3.8, 4) is 0 Å². The van der Waals surface area contributed by atoms with Crippen LogP contribution in [0.2, 0.25) is 5.02 Å².